The Hall–Kier alpha value is -6.39. The molecule has 2 heterocycles. The second-order valence-corrected chi connectivity index (χ2v) is 12.1. The van der Waals surface area contributed by atoms with E-state index < -0.39 is 0 Å². The lowest BCUT2D eigenvalue weighted by Crippen LogP contribution is -2.04. The number of aromatic nitrogens is 3. The van der Waals surface area contributed by atoms with Gasteiger partial charge >= 0.3 is 0 Å². The van der Waals surface area contributed by atoms with Crippen molar-refractivity contribution in [2.75, 3.05) is 0 Å². The van der Waals surface area contributed by atoms with E-state index in [1.54, 1.807) is 0 Å². The first-order valence-corrected chi connectivity index (χ1v) is 15.8. The van der Waals surface area contributed by atoms with Crippen molar-refractivity contribution in [2.45, 2.75) is 0 Å². The van der Waals surface area contributed by atoms with Crippen molar-refractivity contribution in [3.05, 3.63) is 163 Å². The predicted octanol–water partition coefficient (Wildman–Crippen LogP) is 10.4. The number of carbonyl (C=O) groups is 1. The summed E-state index contributed by atoms with van der Waals surface area (Å²) in [6, 6.07) is 52.1. The molecule has 0 saturated heterocycles. The summed E-state index contributed by atoms with van der Waals surface area (Å²) in [7, 11) is 0. The molecular weight excluding hydrogens is 574 g/mol. The molecule has 10 rings (SSSR count). The molecule has 4 heteroatoms. The van der Waals surface area contributed by atoms with E-state index in [9.17, 15) is 4.79 Å². The Morgan fingerprint density at radius 1 is 0.447 bits per heavy atom. The zero-order valence-corrected chi connectivity index (χ0v) is 25.2. The van der Waals surface area contributed by atoms with Crippen LogP contribution in [0.4, 0.5) is 0 Å². The molecule has 0 fully saturated rings. The van der Waals surface area contributed by atoms with E-state index >= 15 is 0 Å². The number of carbonyl (C=O) groups excluding carboxylic acids is 1. The third kappa shape index (κ3) is 3.79. The molecule has 1 aliphatic carbocycles. The Morgan fingerprint density at radius 3 is 1.98 bits per heavy atom. The van der Waals surface area contributed by atoms with Crippen LogP contribution in [0.2, 0.25) is 0 Å². The van der Waals surface area contributed by atoms with Crippen LogP contribution in [0.3, 0.4) is 0 Å². The molecule has 4 nitrogen and oxygen atoms in total. The highest BCUT2D eigenvalue weighted by molar-refractivity contribution is 6.26. The van der Waals surface area contributed by atoms with Crippen molar-refractivity contribution < 1.29 is 4.79 Å². The molecule has 0 spiro atoms. The molecule has 0 atom stereocenters. The zero-order valence-electron chi connectivity index (χ0n) is 25.2. The summed E-state index contributed by atoms with van der Waals surface area (Å²) >= 11 is 0. The minimum atomic E-state index is 0.0535. The average Bonchev–Trinajstić information content (AvgIpc) is 3.62. The summed E-state index contributed by atoms with van der Waals surface area (Å²) in [5.41, 5.74) is 10.4. The lowest BCUT2D eigenvalue weighted by Gasteiger charge is -2.13. The molecule has 0 saturated carbocycles. The average molecular weight is 600 g/mol. The largest absolute Gasteiger partial charge is 0.289 e. The van der Waals surface area contributed by atoms with Gasteiger partial charge in [-0.1, -0.05) is 133 Å². The van der Waals surface area contributed by atoms with E-state index in [1.807, 2.05) is 48.5 Å². The number of para-hydroxylation sites is 1. The van der Waals surface area contributed by atoms with E-state index in [-0.39, 0.29) is 5.78 Å². The number of nitrogens with zero attached hydrogens (tertiary/aromatic N) is 3. The maximum atomic E-state index is 13.7. The lowest BCUT2D eigenvalue weighted by atomic mass is 10.0. The van der Waals surface area contributed by atoms with Gasteiger partial charge in [-0.15, -0.1) is 0 Å². The Kier molecular flexibility index (Phi) is 5.40. The summed E-state index contributed by atoms with van der Waals surface area (Å²) in [5, 5.41) is 5.40. The van der Waals surface area contributed by atoms with Gasteiger partial charge in [0.05, 0.1) is 22.2 Å². The number of hydrogen-bond acceptors (Lipinski definition) is 3. The summed E-state index contributed by atoms with van der Waals surface area (Å²) in [4.78, 5) is 24.2. The van der Waals surface area contributed by atoms with Gasteiger partial charge in [-0.2, -0.15) is 0 Å². The molecular formula is C43H25N3O. The number of ketones is 1. The first-order chi connectivity index (χ1) is 23.2. The van der Waals surface area contributed by atoms with Crippen molar-refractivity contribution in [1.82, 2.24) is 14.5 Å². The van der Waals surface area contributed by atoms with Gasteiger partial charge in [0, 0.05) is 38.2 Å². The molecule has 218 valence electrons. The van der Waals surface area contributed by atoms with Gasteiger partial charge in [0.2, 0.25) is 5.95 Å². The van der Waals surface area contributed by atoms with E-state index in [1.165, 1.54) is 5.56 Å². The maximum Gasteiger partial charge on any atom is 0.235 e. The highest BCUT2D eigenvalue weighted by Crippen LogP contribution is 2.44. The molecule has 2 aromatic heterocycles. The van der Waals surface area contributed by atoms with Crippen LogP contribution in [0, 0.1) is 0 Å². The van der Waals surface area contributed by atoms with E-state index in [2.05, 4.69) is 108 Å². The normalized spacial score (nSPS) is 12.3. The highest BCUT2D eigenvalue weighted by atomic mass is 16.1. The molecule has 0 N–H and O–H groups in total. The van der Waals surface area contributed by atoms with Crippen molar-refractivity contribution in [2.24, 2.45) is 0 Å². The van der Waals surface area contributed by atoms with Crippen LogP contribution in [-0.4, -0.2) is 20.3 Å². The molecule has 47 heavy (non-hydrogen) atoms. The van der Waals surface area contributed by atoms with Crippen LogP contribution in [0.15, 0.2) is 152 Å². The van der Waals surface area contributed by atoms with Crippen molar-refractivity contribution in [3.63, 3.8) is 0 Å². The quantitative estimate of drug-likeness (QED) is 0.203. The molecule has 9 aromatic rings. The van der Waals surface area contributed by atoms with Crippen LogP contribution >= 0.6 is 0 Å². The van der Waals surface area contributed by atoms with E-state index in [0.717, 1.165) is 77.0 Å². The lowest BCUT2D eigenvalue weighted by molar-refractivity contribution is 0.104. The summed E-state index contributed by atoms with van der Waals surface area (Å²) in [6.07, 6.45) is 0. The summed E-state index contributed by atoms with van der Waals surface area (Å²) in [6.45, 7) is 0. The predicted molar refractivity (Wildman–Crippen MR) is 191 cm³/mol. The minimum absolute atomic E-state index is 0.0535. The number of fused-ring (bicyclic) bond motifs is 9. The van der Waals surface area contributed by atoms with Gasteiger partial charge < -0.3 is 0 Å². The van der Waals surface area contributed by atoms with Gasteiger partial charge in [0.25, 0.3) is 0 Å². The monoisotopic (exact) mass is 599 g/mol. The second-order valence-electron chi connectivity index (χ2n) is 12.1. The summed E-state index contributed by atoms with van der Waals surface area (Å²) in [5.74, 6) is 0.628. The maximum absolute atomic E-state index is 13.7. The SMILES string of the molecule is O=C1c2ccccc2-c2cc3c4ccc5ccccc5c4n(-c4nc(-c5ccc(-c6ccccc6)cc5)c5ccccc5n4)c3cc21. The third-order valence-corrected chi connectivity index (χ3v) is 9.55. The summed E-state index contributed by atoms with van der Waals surface area (Å²) < 4.78 is 2.16. The fourth-order valence-electron chi connectivity index (χ4n) is 7.34. The van der Waals surface area contributed by atoms with Crippen LogP contribution in [0.5, 0.6) is 0 Å². The first-order valence-electron chi connectivity index (χ1n) is 15.8. The van der Waals surface area contributed by atoms with Crippen LogP contribution < -0.4 is 0 Å². The van der Waals surface area contributed by atoms with Gasteiger partial charge in [-0.25, -0.2) is 9.97 Å². The highest BCUT2D eigenvalue weighted by Gasteiger charge is 2.29. The van der Waals surface area contributed by atoms with E-state index in [0.29, 0.717) is 11.5 Å². The topological polar surface area (TPSA) is 47.8 Å². The van der Waals surface area contributed by atoms with Crippen molar-refractivity contribution >= 4 is 49.3 Å². The number of hydrogen-bond donors (Lipinski definition) is 0. The van der Waals surface area contributed by atoms with E-state index in [4.69, 9.17) is 9.97 Å². The van der Waals surface area contributed by atoms with Gasteiger partial charge in [0.15, 0.2) is 5.78 Å². The molecule has 1 aliphatic rings. The first kappa shape index (κ1) is 25.9. The van der Waals surface area contributed by atoms with Crippen molar-refractivity contribution in [3.8, 4) is 39.5 Å². The Morgan fingerprint density at radius 2 is 1.13 bits per heavy atom. The molecule has 0 radical (unpaired) electrons. The van der Waals surface area contributed by atoms with Crippen molar-refractivity contribution in [1.29, 1.82) is 0 Å². The molecule has 0 aliphatic heterocycles. The van der Waals surface area contributed by atoms with Gasteiger partial charge in [-0.3, -0.25) is 9.36 Å². The van der Waals surface area contributed by atoms with Gasteiger partial charge in [-0.05, 0) is 45.8 Å². The second kappa shape index (κ2) is 9.80. The fourth-order valence-corrected chi connectivity index (χ4v) is 7.34. The minimum Gasteiger partial charge on any atom is -0.289 e. The third-order valence-electron chi connectivity index (χ3n) is 9.55. The Labute approximate surface area is 270 Å². The zero-order chi connectivity index (χ0) is 31.1. The molecule has 0 unspecified atom stereocenters. The standard InChI is InChI=1S/C43H25N3O/c47-42-33-15-7-6-14-31(33)35-24-36-32-23-22-28-12-4-5-13-30(28)41(32)46(39(36)25-37(35)42)43-44-38-17-9-8-16-34(38)40(45-43)29-20-18-27(19-21-29)26-10-2-1-3-11-26/h1-25H. The van der Waals surface area contributed by atoms with Crippen LogP contribution in [-0.2, 0) is 0 Å². The number of benzene rings is 7. The Balaban J connectivity index is 1.28. The van der Waals surface area contributed by atoms with Gasteiger partial charge in [0.1, 0.15) is 0 Å². The van der Waals surface area contributed by atoms with Crippen LogP contribution in [0.25, 0.3) is 82.9 Å². The smallest absolute Gasteiger partial charge is 0.235 e. The Bertz CT molecular complexity index is 2740. The number of rotatable bonds is 3. The molecule has 0 bridgehead atoms. The molecule has 0 amide bonds. The van der Waals surface area contributed by atoms with Crippen LogP contribution in [0.1, 0.15) is 15.9 Å². The molecule has 7 aromatic carbocycles. The fraction of sp³-hybridized carbons (Fsp3) is 0.